The molecular formula is C20H20O6S. The van der Waals surface area contributed by atoms with E-state index in [1.165, 1.54) is 30.5 Å². The molecule has 3 aromatic rings. The van der Waals surface area contributed by atoms with Gasteiger partial charge in [0.25, 0.3) is 0 Å². The summed E-state index contributed by atoms with van der Waals surface area (Å²) >= 11 is 0. The third-order valence-electron chi connectivity index (χ3n) is 4.24. The largest absolute Gasteiger partial charge is 0.490 e. The van der Waals surface area contributed by atoms with Gasteiger partial charge in [-0.25, -0.2) is 4.79 Å². The number of benzene rings is 2. The Bertz CT molecular complexity index is 1110. The zero-order valence-electron chi connectivity index (χ0n) is 15.3. The smallest absolute Gasteiger partial charge is 0.335 e. The van der Waals surface area contributed by atoms with Crippen molar-refractivity contribution in [2.45, 2.75) is 25.2 Å². The summed E-state index contributed by atoms with van der Waals surface area (Å²) in [4.78, 5) is 24.6. The summed E-state index contributed by atoms with van der Waals surface area (Å²) in [5.74, 6) is -0.320. The van der Waals surface area contributed by atoms with E-state index in [-0.39, 0.29) is 32.9 Å². The normalized spacial score (nSPS) is 12.6. The van der Waals surface area contributed by atoms with E-state index in [0.29, 0.717) is 23.2 Å². The lowest BCUT2D eigenvalue weighted by Crippen LogP contribution is -2.08. The van der Waals surface area contributed by atoms with Gasteiger partial charge in [0.1, 0.15) is 5.58 Å². The Morgan fingerprint density at radius 2 is 1.96 bits per heavy atom. The molecule has 1 unspecified atom stereocenters. The molecule has 3 rings (SSSR count). The zero-order chi connectivity index (χ0) is 19.7. The molecular weight excluding hydrogens is 368 g/mol. The molecule has 1 aromatic heterocycles. The van der Waals surface area contributed by atoms with Crippen molar-refractivity contribution in [2.75, 3.05) is 12.9 Å². The molecule has 0 fully saturated rings. The molecule has 27 heavy (non-hydrogen) atoms. The fourth-order valence-corrected chi connectivity index (χ4v) is 3.27. The van der Waals surface area contributed by atoms with Gasteiger partial charge in [0, 0.05) is 28.0 Å². The van der Waals surface area contributed by atoms with Crippen LogP contribution < -0.4 is 10.2 Å². The van der Waals surface area contributed by atoms with Gasteiger partial charge in [-0.15, -0.1) is 0 Å². The zero-order valence-corrected chi connectivity index (χ0v) is 16.1. The van der Waals surface area contributed by atoms with Gasteiger partial charge in [0.2, 0.25) is 5.43 Å². The van der Waals surface area contributed by atoms with Gasteiger partial charge in [-0.1, -0.05) is 13.8 Å². The highest BCUT2D eigenvalue weighted by Gasteiger charge is 2.17. The van der Waals surface area contributed by atoms with Crippen molar-refractivity contribution in [3.8, 4) is 5.75 Å². The van der Waals surface area contributed by atoms with E-state index in [9.17, 15) is 13.8 Å². The standard InChI is InChI=1S/C20H20O6S/c1-11(2)6-7-25-17-10-13(27(3)24)9-15-18(21)14-8-12(20(22)23)4-5-16(14)26-19(15)17/h4-5,8-11H,6-7H2,1-3H3,(H,22,23). The minimum Gasteiger partial charge on any atom is -0.490 e. The molecule has 0 radical (unpaired) electrons. The van der Waals surface area contributed by atoms with E-state index < -0.39 is 16.8 Å². The maximum atomic E-state index is 13.0. The molecule has 0 bridgehead atoms. The molecule has 0 aliphatic heterocycles. The Morgan fingerprint density at radius 3 is 2.59 bits per heavy atom. The van der Waals surface area contributed by atoms with Crippen LogP contribution in [0, 0.1) is 5.92 Å². The molecule has 1 atom stereocenters. The summed E-state index contributed by atoms with van der Waals surface area (Å²) in [6, 6.07) is 7.27. The van der Waals surface area contributed by atoms with Crippen molar-refractivity contribution < 1.29 is 23.3 Å². The van der Waals surface area contributed by atoms with Crippen LogP contribution in [0.2, 0.25) is 0 Å². The SMILES string of the molecule is CC(C)CCOc1cc(S(C)=O)cc2c(=O)c3cc(C(=O)O)ccc3oc12. The highest BCUT2D eigenvalue weighted by Crippen LogP contribution is 2.30. The van der Waals surface area contributed by atoms with Crippen LogP contribution in [0.15, 0.2) is 44.4 Å². The number of rotatable bonds is 6. The molecule has 0 saturated heterocycles. The van der Waals surface area contributed by atoms with Gasteiger partial charge in [0.15, 0.2) is 11.3 Å². The first-order valence-electron chi connectivity index (χ1n) is 8.52. The first-order valence-corrected chi connectivity index (χ1v) is 10.1. The van der Waals surface area contributed by atoms with Crippen LogP contribution in [0.25, 0.3) is 21.9 Å². The third-order valence-corrected chi connectivity index (χ3v) is 5.14. The fourth-order valence-electron chi connectivity index (χ4n) is 2.71. The van der Waals surface area contributed by atoms with E-state index in [1.807, 2.05) is 0 Å². The molecule has 0 saturated carbocycles. The second kappa shape index (κ2) is 7.52. The van der Waals surface area contributed by atoms with Gasteiger partial charge < -0.3 is 14.3 Å². The predicted molar refractivity (Wildman–Crippen MR) is 104 cm³/mol. The van der Waals surface area contributed by atoms with Crippen molar-refractivity contribution in [3.63, 3.8) is 0 Å². The van der Waals surface area contributed by atoms with Gasteiger partial charge >= 0.3 is 5.97 Å². The van der Waals surface area contributed by atoms with Crippen molar-refractivity contribution in [2.24, 2.45) is 5.92 Å². The molecule has 7 heteroatoms. The molecule has 1 N–H and O–H groups in total. The first kappa shape index (κ1) is 19.1. The maximum Gasteiger partial charge on any atom is 0.335 e. The van der Waals surface area contributed by atoms with Crippen LogP contribution in [-0.4, -0.2) is 28.1 Å². The second-order valence-corrected chi connectivity index (χ2v) is 8.11. The van der Waals surface area contributed by atoms with Crippen molar-refractivity contribution >= 4 is 38.7 Å². The van der Waals surface area contributed by atoms with E-state index in [4.69, 9.17) is 14.3 Å². The van der Waals surface area contributed by atoms with Gasteiger partial charge in [-0.3, -0.25) is 9.00 Å². The summed E-state index contributed by atoms with van der Waals surface area (Å²) < 4.78 is 23.7. The van der Waals surface area contributed by atoms with Crippen molar-refractivity contribution in [3.05, 3.63) is 46.1 Å². The van der Waals surface area contributed by atoms with Gasteiger partial charge in [0.05, 0.1) is 22.9 Å². The van der Waals surface area contributed by atoms with Crippen LogP contribution in [-0.2, 0) is 10.8 Å². The lowest BCUT2D eigenvalue weighted by molar-refractivity contribution is 0.0697. The summed E-state index contributed by atoms with van der Waals surface area (Å²) in [5, 5.41) is 9.54. The second-order valence-electron chi connectivity index (χ2n) is 6.73. The summed E-state index contributed by atoms with van der Waals surface area (Å²) in [6.07, 6.45) is 2.34. The quantitative estimate of drug-likeness (QED) is 0.646. The highest BCUT2D eigenvalue weighted by molar-refractivity contribution is 7.84. The lowest BCUT2D eigenvalue weighted by Gasteiger charge is -2.12. The number of carboxylic acids is 1. The molecule has 0 aliphatic carbocycles. The average molecular weight is 388 g/mol. The minimum atomic E-state index is -1.32. The number of carbonyl (C=O) groups is 1. The van der Waals surface area contributed by atoms with Crippen molar-refractivity contribution in [1.82, 2.24) is 0 Å². The van der Waals surface area contributed by atoms with Gasteiger partial charge in [-0.05, 0) is 36.6 Å². The first-order chi connectivity index (χ1) is 12.8. The summed E-state index contributed by atoms with van der Waals surface area (Å²) in [6.45, 7) is 4.59. The lowest BCUT2D eigenvalue weighted by atomic mass is 10.1. The third kappa shape index (κ3) is 3.88. The monoisotopic (exact) mass is 388 g/mol. The van der Waals surface area contributed by atoms with E-state index in [2.05, 4.69) is 13.8 Å². The van der Waals surface area contributed by atoms with E-state index in [0.717, 1.165) is 6.42 Å². The van der Waals surface area contributed by atoms with Crippen LogP contribution in [0.5, 0.6) is 5.75 Å². The Labute approximate surface area is 158 Å². The molecule has 0 aliphatic rings. The highest BCUT2D eigenvalue weighted by atomic mass is 32.2. The molecule has 0 spiro atoms. The van der Waals surface area contributed by atoms with E-state index >= 15 is 0 Å². The number of aromatic carboxylic acids is 1. The molecule has 0 amide bonds. The number of ether oxygens (including phenoxy) is 1. The van der Waals surface area contributed by atoms with Gasteiger partial charge in [-0.2, -0.15) is 0 Å². The molecule has 1 heterocycles. The average Bonchev–Trinajstić information content (AvgIpc) is 2.61. The fraction of sp³-hybridized carbons (Fsp3) is 0.300. The molecule has 2 aromatic carbocycles. The number of hydrogen-bond acceptors (Lipinski definition) is 5. The predicted octanol–water partition coefficient (Wildman–Crippen LogP) is 3.81. The number of fused-ring (bicyclic) bond motifs is 2. The summed E-state index contributed by atoms with van der Waals surface area (Å²) in [5.41, 5.74) is 0.165. The number of hydrogen-bond donors (Lipinski definition) is 1. The Balaban J connectivity index is 2.26. The maximum absolute atomic E-state index is 13.0. The number of carboxylic acid groups (broad SMARTS) is 1. The van der Waals surface area contributed by atoms with Crippen molar-refractivity contribution in [1.29, 1.82) is 0 Å². The summed E-state index contributed by atoms with van der Waals surface area (Å²) in [7, 11) is -1.32. The Kier molecular flexibility index (Phi) is 5.32. The molecule has 6 nitrogen and oxygen atoms in total. The van der Waals surface area contributed by atoms with Crippen LogP contribution in [0.3, 0.4) is 0 Å². The van der Waals surface area contributed by atoms with Crippen LogP contribution >= 0.6 is 0 Å². The van der Waals surface area contributed by atoms with Crippen LogP contribution in [0.1, 0.15) is 30.6 Å². The topological polar surface area (TPSA) is 93.8 Å². The minimum absolute atomic E-state index is 0.00206. The van der Waals surface area contributed by atoms with E-state index in [1.54, 1.807) is 6.07 Å². The van der Waals surface area contributed by atoms with Crippen LogP contribution in [0.4, 0.5) is 0 Å². The molecule has 142 valence electrons. The Morgan fingerprint density at radius 1 is 1.22 bits per heavy atom. The Hall–Kier alpha value is -2.67.